The zero-order valence-electron chi connectivity index (χ0n) is 12.7. The number of hydrogen-bond acceptors (Lipinski definition) is 3. The van der Waals surface area contributed by atoms with Crippen LogP contribution in [0.3, 0.4) is 0 Å². The Bertz CT molecular complexity index is 362. The van der Waals surface area contributed by atoms with Gasteiger partial charge >= 0.3 is 0 Å². The predicted octanol–water partition coefficient (Wildman–Crippen LogP) is 1.79. The van der Waals surface area contributed by atoms with E-state index in [1.54, 1.807) is 6.20 Å². The van der Waals surface area contributed by atoms with Crippen LogP contribution in [0.15, 0.2) is 18.5 Å². The molecule has 5 heteroatoms. The Morgan fingerprint density at radius 2 is 2.20 bits per heavy atom. The third kappa shape index (κ3) is 6.70. The molecule has 114 valence electrons. The Morgan fingerprint density at radius 3 is 2.80 bits per heavy atom. The topological polar surface area (TPSA) is 72.9 Å². The lowest BCUT2D eigenvalue weighted by molar-refractivity contribution is -0.121. The first-order valence-electron chi connectivity index (χ1n) is 7.57. The molecule has 0 saturated carbocycles. The van der Waals surface area contributed by atoms with Crippen molar-refractivity contribution < 1.29 is 4.79 Å². The van der Waals surface area contributed by atoms with Gasteiger partial charge in [-0.2, -0.15) is 5.10 Å². The number of carbonyl (C=O) groups is 1. The minimum atomic E-state index is 0.146. The Labute approximate surface area is 121 Å². The average molecular weight is 280 g/mol. The molecule has 0 saturated heterocycles. The fourth-order valence-corrected chi connectivity index (χ4v) is 2.33. The zero-order chi connectivity index (χ0) is 14.8. The Balaban J connectivity index is 2.10. The molecule has 1 amide bonds. The molecule has 3 N–H and O–H groups in total. The van der Waals surface area contributed by atoms with Crippen molar-refractivity contribution in [1.82, 2.24) is 15.1 Å². The van der Waals surface area contributed by atoms with Gasteiger partial charge in [0.05, 0.1) is 0 Å². The van der Waals surface area contributed by atoms with E-state index in [0.717, 1.165) is 25.8 Å². The minimum Gasteiger partial charge on any atom is -0.356 e. The molecule has 5 nitrogen and oxygen atoms in total. The summed E-state index contributed by atoms with van der Waals surface area (Å²) in [4.78, 5) is 11.8. The fraction of sp³-hybridized carbons (Fsp3) is 0.733. The number of aryl methyl sites for hydroxylation is 1. The molecule has 0 aliphatic carbocycles. The molecule has 1 heterocycles. The predicted molar refractivity (Wildman–Crippen MR) is 81.1 cm³/mol. The maximum Gasteiger partial charge on any atom is 0.220 e. The molecule has 0 aromatic carbocycles. The SMILES string of the molecule is CC(C)C(CCN)CCC(=O)NCCCn1cccn1. The van der Waals surface area contributed by atoms with Gasteiger partial charge in [0.1, 0.15) is 0 Å². The van der Waals surface area contributed by atoms with Crippen molar-refractivity contribution >= 4 is 5.91 Å². The van der Waals surface area contributed by atoms with Crippen molar-refractivity contribution in [2.24, 2.45) is 17.6 Å². The summed E-state index contributed by atoms with van der Waals surface area (Å²) in [7, 11) is 0. The number of aromatic nitrogens is 2. The first-order valence-corrected chi connectivity index (χ1v) is 7.57. The number of nitrogens with one attached hydrogen (secondary N) is 1. The summed E-state index contributed by atoms with van der Waals surface area (Å²) in [5.41, 5.74) is 5.61. The summed E-state index contributed by atoms with van der Waals surface area (Å²) < 4.78 is 1.88. The standard InChI is InChI=1S/C15H28N4O/c1-13(2)14(7-8-16)5-6-15(20)17-9-3-11-19-12-4-10-18-19/h4,10,12-14H,3,5-9,11,16H2,1-2H3,(H,17,20). The highest BCUT2D eigenvalue weighted by Gasteiger charge is 2.14. The summed E-state index contributed by atoms with van der Waals surface area (Å²) in [6.45, 7) is 6.65. The second kappa shape index (κ2) is 9.53. The molecule has 1 aromatic heterocycles. The Morgan fingerprint density at radius 1 is 1.40 bits per heavy atom. The highest BCUT2D eigenvalue weighted by molar-refractivity contribution is 5.75. The number of nitrogens with two attached hydrogens (primary N) is 1. The molecule has 0 aliphatic rings. The monoisotopic (exact) mass is 280 g/mol. The third-order valence-electron chi connectivity index (χ3n) is 3.67. The van der Waals surface area contributed by atoms with Gasteiger partial charge in [0, 0.05) is 31.9 Å². The summed E-state index contributed by atoms with van der Waals surface area (Å²) in [6.07, 6.45) is 7.14. The van der Waals surface area contributed by atoms with Crippen molar-refractivity contribution in [2.75, 3.05) is 13.1 Å². The molecule has 1 unspecified atom stereocenters. The van der Waals surface area contributed by atoms with E-state index >= 15 is 0 Å². The average Bonchev–Trinajstić information content (AvgIpc) is 2.92. The van der Waals surface area contributed by atoms with E-state index in [-0.39, 0.29) is 5.91 Å². The lowest BCUT2D eigenvalue weighted by Gasteiger charge is -2.19. The normalized spacial score (nSPS) is 12.6. The van der Waals surface area contributed by atoms with Crippen LogP contribution in [0.5, 0.6) is 0 Å². The molecule has 0 bridgehead atoms. The number of rotatable bonds is 10. The largest absolute Gasteiger partial charge is 0.356 e. The van der Waals surface area contributed by atoms with Gasteiger partial charge < -0.3 is 11.1 Å². The van der Waals surface area contributed by atoms with E-state index in [4.69, 9.17) is 5.73 Å². The molecule has 0 aliphatic heterocycles. The summed E-state index contributed by atoms with van der Waals surface area (Å²) in [5.74, 6) is 1.29. The van der Waals surface area contributed by atoms with E-state index in [1.807, 2.05) is 16.9 Å². The van der Waals surface area contributed by atoms with E-state index in [9.17, 15) is 4.79 Å². The van der Waals surface area contributed by atoms with E-state index in [1.165, 1.54) is 0 Å². The smallest absolute Gasteiger partial charge is 0.220 e. The quantitative estimate of drug-likeness (QED) is 0.642. The lowest BCUT2D eigenvalue weighted by atomic mass is 9.88. The van der Waals surface area contributed by atoms with Crippen LogP contribution in [0, 0.1) is 11.8 Å². The fourth-order valence-electron chi connectivity index (χ4n) is 2.33. The van der Waals surface area contributed by atoms with Crippen LogP contribution in [0.2, 0.25) is 0 Å². The van der Waals surface area contributed by atoms with Crippen LogP contribution >= 0.6 is 0 Å². The number of carbonyl (C=O) groups excluding carboxylic acids is 1. The van der Waals surface area contributed by atoms with Gasteiger partial charge in [0.25, 0.3) is 0 Å². The van der Waals surface area contributed by atoms with Crippen molar-refractivity contribution in [1.29, 1.82) is 0 Å². The summed E-state index contributed by atoms with van der Waals surface area (Å²) >= 11 is 0. The molecule has 20 heavy (non-hydrogen) atoms. The van der Waals surface area contributed by atoms with Gasteiger partial charge in [0.15, 0.2) is 0 Å². The van der Waals surface area contributed by atoms with Gasteiger partial charge in [-0.3, -0.25) is 9.48 Å². The molecule has 1 atom stereocenters. The molecule has 0 radical (unpaired) electrons. The van der Waals surface area contributed by atoms with Crippen LogP contribution in [-0.4, -0.2) is 28.8 Å². The molecule has 1 aromatic rings. The number of amides is 1. The van der Waals surface area contributed by atoms with E-state index in [2.05, 4.69) is 24.3 Å². The first kappa shape index (κ1) is 16.7. The maximum atomic E-state index is 11.8. The zero-order valence-corrected chi connectivity index (χ0v) is 12.7. The van der Waals surface area contributed by atoms with Gasteiger partial charge in [-0.25, -0.2) is 0 Å². The molecular formula is C15H28N4O. The summed E-state index contributed by atoms with van der Waals surface area (Å²) in [5, 5.41) is 7.09. The van der Waals surface area contributed by atoms with Crippen molar-refractivity contribution in [3.8, 4) is 0 Å². The highest BCUT2D eigenvalue weighted by atomic mass is 16.1. The first-order chi connectivity index (χ1) is 9.63. The summed E-state index contributed by atoms with van der Waals surface area (Å²) in [6, 6.07) is 1.90. The number of nitrogens with zero attached hydrogens (tertiary/aromatic N) is 2. The van der Waals surface area contributed by atoms with Gasteiger partial charge in [0.2, 0.25) is 5.91 Å². The molecular weight excluding hydrogens is 252 g/mol. The van der Waals surface area contributed by atoms with Crippen LogP contribution in [0.4, 0.5) is 0 Å². The van der Waals surface area contributed by atoms with Crippen molar-refractivity contribution in [2.45, 2.75) is 46.1 Å². The molecule has 0 spiro atoms. The van der Waals surface area contributed by atoms with Crippen LogP contribution in [0.25, 0.3) is 0 Å². The van der Waals surface area contributed by atoms with Crippen LogP contribution in [0.1, 0.15) is 39.5 Å². The van der Waals surface area contributed by atoms with Gasteiger partial charge in [-0.05, 0) is 43.7 Å². The van der Waals surface area contributed by atoms with Crippen molar-refractivity contribution in [3.05, 3.63) is 18.5 Å². The van der Waals surface area contributed by atoms with Crippen LogP contribution < -0.4 is 11.1 Å². The molecule has 0 fully saturated rings. The maximum absolute atomic E-state index is 11.8. The van der Waals surface area contributed by atoms with Gasteiger partial charge in [-0.1, -0.05) is 13.8 Å². The Kier molecular flexibility index (Phi) is 7.95. The molecule has 1 rings (SSSR count). The second-order valence-electron chi connectivity index (χ2n) is 5.59. The van der Waals surface area contributed by atoms with Crippen LogP contribution in [-0.2, 0) is 11.3 Å². The number of hydrogen-bond donors (Lipinski definition) is 2. The van der Waals surface area contributed by atoms with Crippen molar-refractivity contribution in [3.63, 3.8) is 0 Å². The lowest BCUT2D eigenvalue weighted by Crippen LogP contribution is -2.26. The highest BCUT2D eigenvalue weighted by Crippen LogP contribution is 2.20. The van der Waals surface area contributed by atoms with Gasteiger partial charge in [-0.15, -0.1) is 0 Å². The third-order valence-corrected chi connectivity index (χ3v) is 3.67. The van der Waals surface area contributed by atoms with E-state index < -0.39 is 0 Å². The second-order valence-corrected chi connectivity index (χ2v) is 5.59. The Hall–Kier alpha value is -1.36. The van der Waals surface area contributed by atoms with E-state index in [0.29, 0.717) is 31.3 Å². The minimum absolute atomic E-state index is 0.146.